The summed E-state index contributed by atoms with van der Waals surface area (Å²) in [6.45, 7) is 6.99. The summed E-state index contributed by atoms with van der Waals surface area (Å²) in [6, 6.07) is 0. The fraction of sp³-hybridized carbons (Fsp3) is 0.875. The molecule has 2 nitrogen and oxygen atoms in total. The fourth-order valence-corrected chi connectivity index (χ4v) is 1.00. The van der Waals surface area contributed by atoms with Crippen LogP contribution in [0.25, 0.3) is 0 Å². The number of carbonyl (C=O) groups excluding carboxylic acids is 1. The Labute approximate surface area is 82.3 Å². The highest BCUT2D eigenvalue weighted by Gasteiger charge is 2.14. The van der Waals surface area contributed by atoms with E-state index in [9.17, 15) is 4.79 Å². The SMILES string of the molecule is CC(C)(C)CC(=O)NCCI. The van der Waals surface area contributed by atoms with Crippen LogP contribution < -0.4 is 5.32 Å². The lowest BCUT2D eigenvalue weighted by molar-refractivity contribution is -0.122. The van der Waals surface area contributed by atoms with Crippen LogP contribution in [0.2, 0.25) is 0 Å². The lowest BCUT2D eigenvalue weighted by atomic mass is 9.92. The van der Waals surface area contributed by atoms with Crippen molar-refractivity contribution in [1.82, 2.24) is 5.32 Å². The van der Waals surface area contributed by atoms with E-state index < -0.39 is 0 Å². The van der Waals surface area contributed by atoms with Gasteiger partial charge in [0.25, 0.3) is 0 Å². The molecule has 0 aliphatic heterocycles. The number of amides is 1. The average molecular weight is 269 g/mol. The molecule has 11 heavy (non-hydrogen) atoms. The number of rotatable bonds is 3. The maximum absolute atomic E-state index is 11.1. The molecule has 0 heterocycles. The van der Waals surface area contributed by atoms with Crippen LogP contribution in [-0.4, -0.2) is 16.9 Å². The van der Waals surface area contributed by atoms with Gasteiger partial charge in [0, 0.05) is 17.4 Å². The van der Waals surface area contributed by atoms with Crippen LogP contribution in [0.4, 0.5) is 0 Å². The maximum Gasteiger partial charge on any atom is 0.220 e. The Morgan fingerprint density at radius 1 is 1.45 bits per heavy atom. The van der Waals surface area contributed by atoms with Crippen LogP contribution in [0.15, 0.2) is 0 Å². The van der Waals surface area contributed by atoms with Crippen LogP contribution >= 0.6 is 22.6 Å². The molecule has 0 saturated carbocycles. The van der Waals surface area contributed by atoms with E-state index >= 15 is 0 Å². The first-order valence-electron chi connectivity index (χ1n) is 3.78. The lowest BCUT2D eigenvalue weighted by Gasteiger charge is -2.16. The van der Waals surface area contributed by atoms with Gasteiger partial charge in [0.1, 0.15) is 0 Å². The van der Waals surface area contributed by atoms with Crippen molar-refractivity contribution in [3.63, 3.8) is 0 Å². The van der Waals surface area contributed by atoms with Crippen molar-refractivity contribution in [1.29, 1.82) is 0 Å². The first kappa shape index (κ1) is 11.2. The number of hydrogen-bond donors (Lipinski definition) is 1. The zero-order valence-electron chi connectivity index (χ0n) is 7.41. The van der Waals surface area contributed by atoms with E-state index in [-0.39, 0.29) is 11.3 Å². The van der Waals surface area contributed by atoms with Gasteiger partial charge in [0.05, 0.1) is 0 Å². The second-order valence-electron chi connectivity index (χ2n) is 3.78. The molecule has 0 aromatic rings. The molecule has 0 aromatic carbocycles. The fourth-order valence-electron chi connectivity index (χ4n) is 0.731. The minimum absolute atomic E-state index is 0.107. The average Bonchev–Trinajstić information content (AvgIpc) is 1.79. The minimum atomic E-state index is 0.107. The van der Waals surface area contributed by atoms with Crippen LogP contribution in [0.1, 0.15) is 27.2 Å². The summed E-state index contributed by atoms with van der Waals surface area (Å²) < 4.78 is 0.980. The molecule has 0 spiro atoms. The second-order valence-corrected chi connectivity index (χ2v) is 4.86. The quantitative estimate of drug-likeness (QED) is 0.616. The smallest absolute Gasteiger partial charge is 0.220 e. The standard InChI is InChI=1S/C8H16INO/c1-8(2,3)6-7(11)10-5-4-9/h4-6H2,1-3H3,(H,10,11). The molecule has 3 heteroatoms. The van der Waals surface area contributed by atoms with Crippen molar-refractivity contribution >= 4 is 28.5 Å². The van der Waals surface area contributed by atoms with E-state index in [0.29, 0.717) is 6.42 Å². The van der Waals surface area contributed by atoms with Gasteiger partial charge < -0.3 is 5.32 Å². The normalized spacial score (nSPS) is 11.3. The van der Waals surface area contributed by atoms with E-state index in [4.69, 9.17) is 0 Å². The molecule has 66 valence electrons. The van der Waals surface area contributed by atoms with Crippen LogP contribution in [0, 0.1) is 5.41 Å². The summed E-state index contributed by atoms with van der Waals surface area (Å²) in [5, 5.41) is 2.84. The third-order valence-corrected chi connectivity index (χ3v) is 1.65. The molecule has 0 radical (unpaired) electrons. The van der Waals surface area contributed by atoms with Crippen LogP contribution in [0.3, 0.4) is 0 Å². The molecule has 0 rings (SSSR count). The van der Waals surface area contributed by atoms with E-state index in [2.05, 4.69) is 48.7 Å². The number of hydrogen-bond acceptors (Lipinski definition) is 1. The Kier molecular flexibility index (Phi) is 5.04. The van der Waals surface area contributed by atoms with Gasteiger partial charge in [-0.05, 0) is 5.41 Å². The van der Waals surface area contributed by atoms with Crippen molar-refractivity contribution in [2.45, 2.75) is 27.2 Å². The van der Waals surface area contributed by atoms with Gasteiger partial charge in [-0.3, -0.25) is 4.79 Å². The van der Waals surface area contributed by atoms with E-state index in [0.717, 1.165) is 11.0 Å². The van der Waals surface area contributed by atoms with Crippen molar-refractivity contribution in [2.24, 2.45) is 5.41 Å². The predicted octanol–water partition coefficient (Wildman–Crippen LogP) is 1.97. The highest BCUT2D eigenvalue weighted by atomic mass is 127. The minimum Gasteiger partial charge on any atom is -0.355 e. The third-order valence-electron chi connectivity index (χ3n) is 1.11. The monoisotopic (exact) mass is 269 g/mol. The Bertz CT molecular complexity index is 129. The molecule has 0 saturated heterocycles. The Balaban J connectivity index is 3.53. The van der Waals surface area contributed by atoms with Crippen molar-refractivity contribution in [3.8, 4) is 0 Å². The number of nitrogens with one attached hydrogen (secondary N) is 1. The van der Waals surface area contributed by atoms with Gasteiger partial charge in [-0.2, -0.15) is 0 Å². The van der Waals surface area contributed by atoms with Crippen molar-refractivity contribution in [2.75, 3.05) is 11.0 Å². The number of halogens is 1. The molecule has 0 atom stereocenters. The lowest BCUT2D eigenvalue weighted by Crippen LogP contribution is -2.28. The van der Waals surface area contributed by atoms with Gasteiger partial charge in [0.2, 0.25) is 5.91 Å². The first-order chi connectivity index (χ1) is 4.95. The highest BCUT2D eigenvalue weighted by molar-refractivity contribution is 14.1. The number of carbonyl (C=O) groups is 1. The van der Waals surface area contributed by atoms with Gasteiger partial charge in [-0.25, -0.2) is 0 Å². The van der Waals surface area contributed by atoms with E-state index in [1.54, 1.807) is 0 Å². The van der Waals surface area contributed by atoms with Gasteiger partial charge >= 0.3 is 0 Å². The van der Waals surface area contributed by atoms with Gasteiger partial charge in [-0.15, -0.1) is 0 Å². The summed E-state index contributed by atoms with van der Waals surface area (Å²) in [4.78, 5) is 11.1. The molecular formula is C8H16INO. The van der Waals surface area contributed by atoms with Gasteiger partial charge in [-0.1, -0.05) is 43.4 Å². The Morgan fingerprint density at radius 2 is 2.00 bits per heavy atom. The highest BCUT2D eigenvalue weighted by Crippen LogP contribution is 2.17. The number of alkyl halides is 1. The van der Waals surface area contributed by atoms with Crippen LogP contribution in [-0.2, 0) is 4.79 Å². The maximum atomic E-state index is 11.1. The topological polar surface area (TPSA) is 29.1 Å². The van der Waals surface area contributed by atoms with Crippen LogP contribution in [0.5, 0.6) is 0 Å². The Hall–Kier alpha value is 0.200. The summed E-state index contributed by atoms with van der Waals surface area (Å²) in [7, 11) is 0. The van der Waals surface area contributed by atoms with Gasteiger partial charge in [0.15, 0.2) is 0 Å². The summed E-state index contributed by atoms with van der Waals surface area (Å²) in [5.74, 6) is 0.161. The molecule has 0 fully saturated rings. The predicted molar refractivity (Wildman–Crippen MR) is 56.0 cm³/mol. The molecule has 1 amide bonds. The first-order valence-corrected chi connectivity index (χ1v) is 5.31. The zero-order chi connectivity index (χ0) is 8.91. The third kappa shape index (κ3) is 8.10. The molecular weight excluding hydrogens is 253 g/mol. The largest absolute Gasteiger partial charge is 0.355 e. The summed E-state index contributed by atoms with van der Waals surface area (Å²) in [6.07, 6.45) is 0.615. The zero-order valence-corrected chi connectivity index (χ0v) is 9.57. The molecule has 0 aliphatic carbocycles. The summed E-state index contributed by atoms with van der Waals surface area (Å²) >= 11 is 2.24. The van der Waals surface area contributed by atoms with E-state index in [1.165, 1.54) is 0 Å². The molecule has 0 unspecified atom stereocenters. The summed E-state index contributed by atoms with van der Waals surface area (Å²) in [5.41, 5.74) is 0.107. The van der Waals surface area contributed by atoms with Crippen molar-refractivity contribution in [3.05, 3.63) is 0 Å². The Morgan fingerprint density at radius 3 is 2.36 bits per heavy atom. The molecule has 0 bridgehead atoms. The molecule has 0 aliphatic rings. The molecule has 1 N–H and O–H groups in total. The van der Waals surface area contributed by atoms with E-state index in [1.807, 2.05) is 0 Å². The van der Waals surface area contributed by atoms with Crippen molar-refractivity contribution < 1.29 is 4.79 Å². The second kappa shape index (κ2) is 4.95. The molecule has 0 aromatic heterocycles.